The number of benzene rings is 2. The molecule has 2 N–H and O–H groups in total. The first-order valence-corrected chi connectivity index (χ1v) is 7.10. The summed E-state index contributed by atoms with van der Waals surface area (Å²) in [5.74, 6) is 0.860. The predicted octanol–water partition coefficient (Wildman–Crippen LogP) is 2.63. The van der Waals surface area contributed by atoms with Crippen molar-refractivity contribution in [3.63, 3.8) is 0 Å². The van der Waals surface area contributed by atoms with Crippen LogP contribution in [0.5, 0.6) is 5.75 Å². The van der Waals surface area contributed by atoms with Gasteiger partial charge in [0.2, 0.25) is 5.91 Å². The maximum atomic E-state index is 12.6. The molecule has 0 radical (unpaired) electrons. The second-order valence-electron chi connectivity index (χ2n) is 5.13. The molecule has 1 heterocycles. The van der Waals surface area contributed by atoms with Crippen LogP contribution in [0.3, 0.4) is 0 Å². The van der Waals surface area contributed by atoms with Gasteiger partial charge in [0.15, 0.2) is 0 Å². The Morgan fingerprint density at radius 1 is 1.14 bits per heavy atom. The Labute approximate surface area is 124 Å². The number of carbonyl (C=O) groups is 1. The van der Waals surface area contributed by atoms with Gasteiger partial charge in [-0.1, -0.05) is 24.3 Å². The average Bonchev–Trinajstić information content (AvgIpc) is 2.72. The molecule has 3 rings (SSSR count). The number of ether oxygens (including phenoxy) is 1. The molecule has 0 spiro atoms. The predicted molar refractivity (Wildman–Crippen MR) is 83.5 cm³/mol. The van der Waals surface area contributed by atoms with E-state index in [1.54, 1.807) is 0 Å². The van der Waals surface area contributed by atoms with Crippen molar-refractivity contribution in [3.8, 4) is 5.75 Å². The van der Waals surface area contributed by atoms with E-state index in [1.165, 1.54) is 0 Å². The maximum absolute atomic E-state index is 12.6. The van der Waals surface area contributed by atoms with Crippen LogP contribution in [0.15, 0.2) is 48.5 Å². The van der Waals surface area contributed by atoms with Crippen LogP contribution in [0.1, 0.15) is 12.0 Å². The van der Waals surface area contributed by atoms with Crippen LogP contribution in [-0.4, -0.2) is 19.1 Å². The van der Waals surface area contributed by atoms with Crippen LogP contribution in [0.4, 0.5) is 11.4 Å². The number of amides is 1. The first-order chi connectivity index (χ1) is 10.2. The van der Waals surface area contributed by atoms with Gasteiger partial charge in [-0.05, 0) is 36.2 Å². The van der Waals surface area contributed by atoms with E-state index in [1.807, 2.05) is 53.4 Å². The van der Waals surface area contributed by atoms with Crippen molar-refractivity contribution in [2.75, 3.05) is 23.8 Å². The van der Waals surface area contributed by atoms with E-state index in [9.17, 15) is 4.79 Å². The lowest BCUT2D eigenvalue weighted by atomic mass is 10.1. The number of anilines is 2. The maximum Gasteiger partial charge on any atom is 0.231 e. The third-order valence-electron chi connectivity index (χ3n) is 3.58. The highest BCUT2D eigenvalue weighted by Crippen LogP contribution is 2.30. The molecular formula is C17H18N2O2. The molecule has 0 unspecified atom stereocenters. The normalized spacial score (nSPS) is 14.0. The Bertz CT molecular complexity index is 637. The summed E-state index contributed by atoms with van der Waals surface area (Å²) in [6.07, 6.45) is 1.21. The van der Waals surface area contributed by atoms with Crippen LogP contribution < -0.4 is 15.4 Å². The van der Waals surface area contributed by atoms with Crippen molar-refractivity contribution < 1.29 is 9.53 Å². The van der Waals surface area contributed by atoms with E-state index < -0.39 is 0 Å². The van der Waals surface area contributed by atoms with Gasteiger partial charge in [-0.3, -0.25) is 4.79 Å². The zero-order valence-corrected chi connectivity index (χ0v) is 11.8. The fourth-order valence-electron chi connectivity index (χ4n) is 2.49. The van der Waals surface area contributed by atoms with Crippen LogP contribution in [0.2, 0.25) is 0 Å². The van der Waals surface area contributed by atoms with Gasteiger partial charge < -0.3 is 15.4 Å². The summed E-state index contributed by atoms with van der Waals surface area (Å²) in [5.41, 5.74) is 8.21. The first-order valence-electron chi connectivity index (χ1n) is 7.10. The number of nitrogens with zero attached hydrogens (tertiary/aromatic N) is 1. The Morgan fingerprint density at radius 2 is 1.90 bits per heavy atom. The van der Waals surface area contributed by atoms with Gasteiger partial charge >= 0.3 is 0 Å². The van der Waals surface area contributed by atoms with E-state index in [0.717, 1.165) is 23.4 Å². The molecule has 0 atom stereocenters. The molecule has 0 fully saturated rings. The van der Waals surface area contributed by atoms with E-state index in [0.29, 0.717) is 25.3 Å². The summed E-state index contributed by atoms with van der Waals surface area (Å²) < 4.78 is 5.68. The largest absolute Gasteiger partial charge is 0.491 e. The molecule has 2 aromatic carbocycles. The number of nitrogens with two attached hydrogens (primary N) is 1. The molecule has 1 amide bonds. The number of rotatable bonds is 2. The van der Waals surface area contributed by atoms with Gasteiger partial charge in [0.05, 0.1) is 18.7 Å². The summed E-state index contributed by atoms with van der Waals surface area (Å²) in [7, 11) is 0. The van der Waals surface area contributed by atoms with Crippen molar-refractivity contribution in [2.24, 2.45) is 0 Å². The Balaban J connectivity index is 1.82. The molecular weight excluding hydrogens is 264 g/mol. The third kappa shape index (κ3) is 2.99. The fraction of sp³-hybridized carbons (Fsp3) is 0.235. The number of para-hydroxylation sites is 2. The zero-order valence-electron chi connectivity index (χ0n) is 11.8. The smallest absolute Gasteiger partial charge is 0.231 e. The molecule has 0 saturated heterocycles. The van der Waals surface area contributed by atoms with Crippen LogP contribution in [0, 0.1) is 0 Å². The molecule has 0 saturated carbocycles. The van der Waals surface area contributed by atoms with Crippen LogP contribution >= 0.6 is 0 Å². The lowest BCUT2D eigenvalue weighted by Gasteiger charge is -2.21. The molecule has 4 heteroatoms. The minimum Gasteiger partial charge on any atom is -0.491 e. The molecule has 4 nitrogen and oxygen atoms in total. The Hall–Kier alpha value is -2.49. The summed E-state index contributed by atoms with van der Waals surface area (Å²) in [5, 5.41) is 0. The lowest BCUT2D eigenvalue weighted by molar-refractivity contribution is -0.118. The third-order valence-corrected chi connectivity index (χ3v) is 3.58. The number of hydrogen-bond acceptors (Lipinski definition) is 3. The molecule has 0 aromatic heterocycles. The molecule has 0 aliphatic carbocycles. The number of hydrogen-bond donors (Lipinski definition) is 1. The molecule has 21 heavy (non-hydrogen) atoms. The summed E-state index contributed by atoms with van der Waals surface area (Å²) in [6.45, 7) is 1.33. The van der Waals surface area contributed by atoms with Crippen molar-refractivity contribution in [1.29, 1.82) is 0 Å². The number of fused-ring (bicyclic) bond motifs is 1. The van der Waals surface area contributed by atoms with Crippen LogP contribution in [0.25, 0.3) is 0 Å². The van der Waals surface area contributed by atoms with Crippen molar-refractivity contribution >= 4 is 17.3 Å². The monoisotopic (exact) mass is 282 g/mol. The van der Waals surface area contributed by atoms with Crippen molar-refractivity contribution in [1.82, 2.24) is 0 Å². The van der Waals surface area contributed by atoms with Gasteiger partial charge in [-0.15, -0.1) is 0 Å². The van der Waals surface area contributed by atoms with Gasteiger partial charge in [0.1, 0.15) is 5.75 Å². The van der Waals surface area contributed by atoms with Gasteiger partial charge in [-0.2, -0.15) is 0 Å². The molecule has 1 aliphatic rings. The van der Waals surface area contributed by atoms with E-state index in [4.69, 9.17) is 10.5 Å². The van der Waals surface area contributed by atoms with E-state index in [-0.39, 0.29) is 5.91 Å². The highest BCUT2D eigenvalue weighted by atomic mass is 16.5. The highest BCUT2D eigenvalue weighted by Gasteiger charge is 2.21. The van der Waals surface area contributed by atoms with Gasteiger partial charge in [0.25, 0.3) is 0 Å². The summed E-state index contributed by atoms with van der Waals surface area (Å²) in [4.78, 5) is 14.4. The molecule has 1 aliphatic heterocycles. The van der Waals surface area contributed by atoms with Gasteiger partial charge in [-0.25, -0.2) is 0 Å². The fourth-order valence-corrected chi connectivity index (χ4v) is 2.49. The quantitative estimate of drug-likeness (QED) is 0.861. The molecule has 108 valence electrons. The van der Waals surface area contributed by atoms with Crippen molar-refractivity contribution in [2.45, 2.75) is 12.8 Å². The second-order valence-corrected chi connectivity index (χ2v) is 5.13. The SMILES string of the molecule is Nc1ccc(CC(=O)N2CCCOc3ccccc32)cc1. The summed E-state index contributed by atoms with van der Waals surface area (Å²) >= 11 is 0. The first kappa shape index (κ1) is 13.5. The van der Waals surface area contributed by atoms with E-state index >= 15 is 0 Å². The molecule has 2 aromatic rings. The van der Waals surface area contributed by atoms with E-state index in [2.05, 4.69) is 0 Å². The average molecular weight is 282 g/mol. The topological polar surface area (TPSA) is 55.6 Å². The molecule has 0 bridgehead atoms. The number of carbonyl (C=O) groups excluding carboxylic acids is 1. The van der Waals surface area contributed by atoms with Crippen molar-refractivity contribution in [3.05, 3.63) is 54.1 Å². The second kappa shape index (κ2) is 5.87. The minimum absolute atomic E-state index is 0.0812. The van der Waals surface area contributed by atoms with Crippen LogP contribution in [-0.2, 0) is 11.2 Å². The highest BCUT2D eigenvalue weighted by molar-refractivity contribution is 5.96. The summed E-state index contributed by atoms with van der Waals surface area (Å²) in [6, 6.07) is 15.1. The zero-order chi connectivity index (χ0) is 14.7. The Morgan fingerprint density at radius 3 is 2.71 bits per heavy atom. The Kier molecular flexibility index (Phi) is 3.77. The minimum atomic E-state index is 0.0812. The lowest BCUT2D eigenvalue weighted by Crippen LogP contribution is -2.32. The van der Waals surface area contributed by atoms with Gasteiger partial charge in [0, 0.05) is 12.2 Å². The standard InChI is InChI=1S/C17H18N2O2/c18-14-8-6-13(7-9-14)12-17(20)19-10-3-11-21-16-5-2-1-4-15(16)19/h1-2,4-9H,3,10-12,18H2. The number of nitrogen functional groups attached to an aromatic ring is 1.